The Morgan fingerprint density at radius 2 is 1.69 bits per heavy atom. The number of para-hydroxylation sites is 1. The van der Waals surface area contributed by atoms with E-state index in [0.717, 1.165) is 29.0 Å². The average Bonchev–Trinajstić information content (AvgIpc) is 3.05. The Balaban J connectivity index is 1.56. The van der Waals surface area contributed by atoms with E-state index in [-0.39, 0.29) is 18.2 Å². The number of anilines is 1. The molecule has 0 saturated carbocycles. The Morgan fingerprint density at radius 1 is 0.966 bits per heavy atom. The molecule has 6 nitrogen and oxygen atoms in total. The van der Waals surface area contributed by atoms with E-state index in [4.69, 9.17) is 4.52 Å². The average molecular weight is 391 g/mol. The summed E-state index contributed by atoms with van der Waals surface area (Å²) in [4.78, 5) is 25.0. The maximum absolute atomic E-state index is 12.6. The van der Waals surface area contributed by atoms with Crippen LogP contribution in [0.5, 0.6) is 0 Å². The minimum atomic E-state index is -0.206. The molecule has 1 aromatic heterocycles. The highest BCUT2D eigenvalue weighted by atomic mass is 16.5. The van der Waals surface area contributed by atoms with Crippen LogP contribution in [0.3, 0.4) is 0 Å². The highest BCUT2D eigenvalue weighted by molar-refractivity contribution is 6.03. The molecule has 0 bridgehead atoms. The monoisotopic (exact) mass is 391 g/mol. The maximum atomic E-state index is 12.6. The molecule has 0 atom stereocenters. The van der Waals surface area contributed by atoms with E-state index in [9.17, 15) is 9.59 Å². The molecule has 0 saturated heterocycles. The molecule has 0 aliphatic rings. The number of carbonyl (C=O) groups is 2. The minimum absolute atomic E-state index is 0.158. The zero-order chi connectivity index (χ0) is 20.6. The number of hydrogen-bond acceptors (Lipinski definition) is 4. The van der Waals surface area contributed by atoms with E-state index in [1.54, 1.807) is 24.3 Å². The molecular formula is C23H25N3O3. The second-order valence-corrected chi connectivity index (χ2v) is 6.89. The first-order valence-corrected chi connectivity index (χ1v) is 9.67. The Hall–Kier alpha value is -3.41. The highest BCUT2D eigenvalue weighted by Gasteiger charge is 2.15. The Labute approximate surface area is 170 Å². The van der Waals surface area contributed by atoms with Crippen LogP contribution in [-0.2, 0) is 17.6 Å². The van der Waals surface area contributed by atoms with Gasteiger partial charge < -0.3 is 15.2 Å². The molecule has 2 amide bonds. The third-order valence-corrected chi connectivity index (χ3v) is 4.77. The van der Waals surface area contributed by atoms with Gasteiger partial charge in [0.05, 0.1) is 16.9 Å². The molecule has 3 rings (SSSR count). The van der Waals surface area contributed by atoms with Gasteiger partial charge in [-0.2, -0.15) is 0 Å². The first-order chi connectivity index (χ1) is 14.0. The lowest BCUT2D eigenvalue weighted by molar-refractivity contribution is -0.116. The van der Waals surface area contributed by atoms with Crippen molar-refractivity contribution in [1.82, 2.24) is 10.5 Å². The molecule has 6 heteroatoms. The minimum Gasteiger partial charge on any atom is -0.361 e. The first kappa shape index (κ1) is 20.3. The van der Waals surface area contributed by atoms with Gasteiger partial charge in [-0.1, -0.05) is 47.6 Å². The van der Waals surface area contributed by atoms with Crippen molar-refractivity contribution in [2.75, 3.05) is 11.9 Å². The Bertz CT molecular complexity index is 961. The number of rotatable bonds is 8. The largest absolute Gasteiger partial charge is 0.361 e. The van der Waals surface area contributed by atoms with Crippen molar-refractivity contribution < 1.29 is 14.1 Å². The van der Waals surface area contributed by atoms with Crippen molar-refractivity contribution in [3.05, 3.63) is 82.7 Å². The molecule has 0 unspecified atom stereocenters. The van der Waals surface area contributed by atoms with E-state index in [1.165, 1.54) is 0 Å². The fraction of sp³-hybridized carbons (Fsp3) is 0.261. The summed E-state index contributed by atoms with van der Waals surface area (Å²) in [6.45, 7) is 4.22. The molecule has 2 aromatic carbocycles. The Morgan fingerprint density at radius 3 is 2.41 bits per heavy atom. The number of aryl methyl sites for hydroxylation is 2. The maximum Gasteiger partial charge on any atom is 0.253 e. The number of amides is 2. The van der Waals surface area contributed by atoms with Crippen LogP contribution in [0.25, 0.3) is 0 Å². The number of nitrogens with one attached hydrogen (secondary N) is 2. The highest BCUT2D eigenvalue weighted by Crippen LogP contribution is 2.17. The van der Waals surface area contributed by atoms with Gasteiger partial charge in [-0.25, -0.2) is 0 Å². The van der Waals surface area contributed by atoms with Gasteiger partial charge in [-0.15, -0.1) is 0 Å². The lowest BCUT2D eigenvalue weighted by Gasteiger charge is -2.11. The topological polar surface area (TPSA) is 84.2 Å². The van der Waals surface area contributed by atoms with Crippen LogP contribution < -0.4 is 10.6 Å². The predicted molar refractivity (Wildman–Crippen MR) is 112 cm³/mol. The van der Waals surface area contributed by atoms with Gasteiger partial charge in [0.25, 0.3) is 5.91 Å². The molecule has 3 aromatic rings. The fourth-order valence-corrected chi connectivity index (χ4v) is 3.16. The van der Waals surface area contributed by atoms with Gasteiger partial charge >= 0.3 is 0 Å². The normalized spacial score (nSPS) is 10.6. The van der Waals surface area contributed by atoms with E-state index in [0.29, 0.717) is 24.2 Å². The SMILES string of the molecule is Cc1noc(C)c1CCC(=O)Nc1ccccc1C(=O)NCCc1ccccc1. The van der Waals surface area contributed by atoms with Crippen molar-refractivity contribution in [2.45, 2.75) is 33.1 Å². The van der Waals surface area contributed by atoms with Crippen LogP contribution in [-0.4, -0.2) is 23.5 Å². The van der Waals surface area contributed by atoms with Crippen molar-refractivity contribution >= 4 is 17.5 Å². The van der Waals surface area contributed by atoms with Gasteiger partial charge in [0, 0.05) is 18.5 Å². The van der Waals surface area contributed by atoms with Gasteiger partial charge in [0.1, 0.15) is 5.76 Å². The zero-order valence-electron chi connectivity index (χ0n) is 16.7. The lowest BCUT2D eigenvalue weighted by atomic mass is 10.1. The standard InChI is InChI=1S/C23H25N3O3/c1-16-19(17(2)29-26-16)12-13-22(27)25-21-11-7-6-10-20(21)23(28)24-15-14-18-8-4-3-5-9-18/h3-11H,12-15H2,1-2H3,(H,24,28)(H,25,27). The van der Waals surface area contributed by atoms with Crippen LogP contribution in [0.4, 0.5) is 5.69 Å². The third-order valence-electron chi connectivity index (χ3n) is 4.77. The van der Waals surface area contributed by atoms with Crippen molar-refractivity contribution in [2.24, 2.45) is 0 Å². The second kappa shape index (κ2) is 9.68. The number of aromatic nitrogens is 1. The molecule has 29 heavy (non-hydrogen) atoms. The summed E-state index contributed by atoms with van der Waals surface area (Å²) in [5, 5.41) is 9.68. The van der Waals surface area contributed by atoms with Crippen LogP contribution in [0.1, 0.15) is 39.4 Å². The van der Waals surface area contributed by atoms with Gasteiger partial charge in [-0.3, -0.25) is 9.59 Å². The van der Waals surface area contributed by atoms with Crippen LogP contribution in [0, 0.1) is 13.8 Å². The molecule has 0 spiro atoms. The fourth-order valence-electron chi connectivity index (χ4n) is 3.16. The molecule has 0 aliphatic carbocycles. The van der Waals surface area contributed by atoms with Crippen molar-refractivity contribution in [3.63, 3.8) is 0 Å². The second-order valence-electron chi connectivity index (χ2n) is 6.89. The van der Waals surface area contributed by atoms with Gasteiger partial charge in [0.2, 0.25) is 5.91 Å². The third kappa shape index (κ3) is 5.54. The quantitative estimate of drug-likeness (QED) is 0.611. The molecule has 0 fully saturated rings. The molecule has 1 heterocycles. The van der Waals surface area contributed by atoms with E-state index >= 15 is 0 Å². The number of benzene rings is 2. The predicted octanol–water partition coefficient (Wildman–Crippen LogP) is 3.84. The van der Waals surface area contributed by atoms with E-state index in [2.05, 4.69) is 15.8 Å². The van der Waals surface area contributed by atoms with Crippen molar-refractivity contribution in [1.29, 1.82) is 0 Å². The zero-order valence-corrected chi connectivity index (χ0v) is 16.7. The van der Waals surface area contributed by atoms with Crippen LogP contribution in [0.2, 0.25) is 0 Å². The van der Waals surface area contributed by atoms with Crippen LogP contribution >= 0.6 is 0 Å². The van der Waals surface area contributed by atoms with E-state index in [1.807, 2.05) is 44.2 Å². The molecule has 0 aliphatic heterocycles. The van der Waals surface area contributed by atoms with Gasteiger partial charge in [0.15, 0.2) is 0 Å². The van der Waals surface area contributed by atoms with E-state index < -0.39 is 0 Å². The number of carbonyl (C=O) groups excluding carboxylic acids is 2. The Kier molecular flexibility index (Phi) is 6.79. The summed E-state index contributed by atoms with van der Waals surface area (Å²) in [5.41, 5.74) is 3.87. The number of hydrogen-bond donors (Lipinski definition) is 2. The molecule has 150 valence electrons. The van der Waals surface area contributed by atoms with Crippen molar-refractivity contribution in [3.8, 4) is 0 Å². The van der Waals surface area contributed by atoms with Crippen LogP contribution in [0.15, 0.2) is 59.1 Å². The molecule has 0 radical (unpaired) electrons. The summed E-state index contributed by atoms with van der Waals surface area (Å²) < 4.78 is 5.13. The summed E-state index contributed by atoms with van der Waals surface area (Å²) >= 11 is 0. The summed E-state index contributed by atoms with van der Waals surface area (Å²) in [5.74, 6) is 0.366. The molecule has 2 N–H and O–H groups in total. The number of nitrogens with zero attached hydrogens (tertiary/aromatic N) is 1. The molecular weight excluding hydrogens is 366 g/mol. The summed E-state index contributed by atoms with van der Waals surface area (Å²) in [7, 11) is 0. The lowest BCUT2D eigenvalue weighted by Crippen LogP contribution is -2.27. The summed E-state index contributed by atoms with van der Waals surface area (Å²) in [6, 6.07) is 17.0. The smallest absolute Gasteiger partial charge is 0.253 e. The summed E-state index contributed by atoms with van der Waals surface area (Å²) in [6.07, 6.45) is 1.57. The first-order valence-electron chi connectivity index (χ1n) is 9.67. The van der Waals surface area contributed by atoms with Gasteiger partial charge in [-0.05, 0) is 44.4 Å².